The maximum absolute atomic E-state index is 11.6. The van der Waals surface area contributed by atoms with Crippen molar-refractivity contribution in [2.24, 2.45) is 0 Å². The van der Waals surface area contributed by atoms with Gasteiger partial charge in [0.2, 0.25) is 5.76 Å². The number of aromatic nitrogens is 1. The molecule has 1 rings (SSSR count). The van der Waals surface area contributed by atoms with Crippen molar-refractivity contribution in [3.63, 3.8) is 0 Å². The number of nitrogens with one attached hydrogen (secondary N) is 1. The number of aromatic carboxylic acids is 1. The maximum Gasteiger partial charge on any atom is 0.374 e. The van der Waals surface area contributed by atoms with Gasteiger partial charge in [0.25, 0.3) is 5.91 Å². The van der Waals surface area contributed by atoms with Gasteiger partial charge in [0.05, 0.1) is 6.04 Å². The summed E-state index contributed by atoms with van der Waals surface area (Å²) in [5.41, 5.74) is -0.0984. The van der Waals surface area contributed by atoms with Crippen molar-refractivity contribution in [1.82, 2.24) is 10.5 Å². The lowest BCUT2D eigenvalue weighted by Gasteiger charge is -2.09. The first-order valence-corrected chi connectivity index (χ1v) is 5.05. The molecule has 0 aliphatic carbocycles. The first kappa shape index (κ1) is 12.8. The summed E-state index contributed by atoms with van der Waals surface area (Å²) in [7, 11) is 0. The van der Waals surface area contributed by atoms with E-state index in [4.69, 9.17) is 11.5 Å². The lowest BCUT2D eigenvalue weighted by molar-refractivity contribution is 0.0651. The number of hydrogen-bond donors (Lipinski definition) is 2. The minimum atomic E-state index is -1.28. The summed E-state index contributed by atoms with van der Waals surface area (Å²) >= 11 is 0. The Morgan fingerprint density at radius 2 is 2.41 bits per heavy atom. The van der Waals surface area contributed by atoms with Crippen LogP contribution in [0, 0.1) is 12.3 Å². The van der Waals surface area contributed by atoms with Gasteiger partial charge in [-0.1, -0.05) is 24.4 Å². The molecule has 0 aliphatic heterocycles. The third-order valence-electron chi connectivity index (χ3n) is 2.04. The molecule has 0 saturated heterocycles. The number of carbonyl (C=O) groups excluding carboxylic acids is 1. The number of rotatable bonds is 5. The molecule has 0 saturated carbocycles. The van der Waals surface area contributed by atoms with E-state index in [9.17, 15) is 9.59 Å². The van der Waals surface area contributed by atoms with Crippen LogP contribution in [0.15, 0.2) is 10.6 Å². The molecule has 0 bridgehead atoms. The Morgan fingerprint density at radius 1 is 1.71 bits per heavy atom. The molecule has 0 spiro atoms. The van der Waals surface area contributed by atoms with Crippen LogP contribution >= 0.6 is 0 Å². The van der Waals surface area contributed by atoms with E-state index in [1.165, 1.54) is 0 Å². The van der Waals surface area contributed by atoms with Gasteiger partial charge in [-0.15, -0.1) is 6.42 Å². The normalized spacial score (nSPS) is 11.5. The zero-order valence-electron chi connectivity index (χ0n) is 9.27. The number of carbonyl (C=O) groups is 2. The molecular formula is C11H12N2O4. The lowest BCUT2D eigenvalue weighted by Crippen LogP contribution is -2.33. The highest BCUT2D eigenvalue weighted by atomic mass is 16.5. The van der Waals surface area contributed by atoms with E-state index in [1.807, 2.05) is 6.92 Å². The van der Waals surface area contributed by atoms with Crippen molar-refractivity contribution in [3.8, 4) is 12.3 Å². The molecule has 1 atom stereocenters. The zero-order valence-corrected chi connectivity index (χ0v) is 9.27. The van der Waals surface area contributed by atoms with Crippen molar-refractivity contribution in [2.75, 3.05) is 0 Å². The van der Waals surface area contributed by atoms with Crippen LogP contribution in [0.25, 0.3) is 0 Å². The molecule has 1 unspecified atom stereocenters. The Kier molecular flexibility index (Phi) is 4.29. The van der Waals surface area contributed by atoms with Crippen LogP contribution in [0.2, 0.25) is 0 Å². The van der Waals surface area contributed by atoms with Gasteiger partial charge in [-0.2, -0.15) is 0 Å². The predicted octanol–water partition coefficient (Wildman–Crippen LogP) is 0.905. The molecular weight excluding hydrogens is 224 g/mol. The quantitative estimate of drug-likeness (QED) is 0.741. The third kappa shape index (κ3) is 3.34. The van der Waals surface area contributed by atoms with Gasteiger partial charge in [0, 0.05) is 6.07 Å². The van der Waals surface area contributed by atoms with Gasteiger partial charge < -0.3 is 14.9 Å². The molecule has 1 aromatic heterocycles. The number of amides is 1. The number of hydrogen-bond acceptors (Lipinski definition) is 4. The average molecular weight is 236 g/mol. The van der Waals surface area contributed by atoms with Gasteiger partial charge in [-0.3, -0.25) is 4.79 Å². The molecule has 6 nitrogen and oxygen atoms in total. The molecule has 1 aromatic rings. The van der Waals surface area contributed by atoms with Gasteiger partial charge in [0.15, 0.2) is 5.69 Å². The van der Waals surface area contributed by atoms with Crippen LogP contribution in [0.4, 0.5) is 0 Å². The standard InChI is InChI=1S/C11H12N2O4/c1-3-5-7(4-2)12-10(14)8-6-9(11(15)16)17-13-8/h2,6-7H,3,5H2,1H3,(H,12,14)(H,15,16). The van der Waals surface area contributed by atoms with Crippen LogP contribution in [0.1, 0.15) is 40.8 Å². The molecule has 1 heterocycles. The largest absolute Gasteiger partial charge is 0.475 e. The fourth-order valence-corrected chi connectivity index (χ4v) is 1.20. The minimum absolute atomic E-state index is 0.0984. The van der Waals surface area contributed by atoms with E-state index in [1.54, 1.807) is 0 Å². The van der Waals surface area contributed by atoms with Crippen molar-refractivity contribution in [1.29, 1.82) is 0 Å². The van der Waals surface area contributed by atoms with E-state index >= 15 is 0 Å². The third-order valence-corrected chi connectivity index (χ3v) is 2.04. The Hall–Kier alpha value is -2.29. The molecule has 0 aliphatic rings. The van der Waals surface area contributed by atoms with Crippen molar-refractivity contribution < 1.29 is 19.2 Å². The molecule has 0 aromatic carbocycles. The topological polar surface area (TPSA) is 92.4 Å². The van der Waals surface area contributed by atoms with Gasteiger partial charge in [-0.25, -0.2) is 4.79 Å². The van der Waals surface area contributed by atoms with Gasteiger partial charge in [0.1, 0.15) is 0 Å². The molecule has 6 heteroatoms. The number of terminal acetylenes is 1. The Morgan fingerprint density at radius 3 is 2.88 bits per heavy atom. The second kappa shape index (κ2) is 5.70. The fraction of sp³-hybridized carbons (Fsp3) is 0.364. The number of nitrogens with zero attached hydrogens (tertiary/aromatic N) is 1. The second-order valence-corrected chi connectivity index (χ2v) is 3.36. The monoisotopic (exact) mass is 236 g/mol. The summed E-state index contributed by atoms with van der Waals surface area (Å²) in [5, 5.41) is 14.5. The smallest absolute Gasteiger partial charge is 0.374 e. The Balaban J connectivity index is 2.69. The van der Waals surface area contributed by atoms with Gasteiger partial charge >= 0.3 is 5.97 Å². The highest BCUT2D eigenvalue weighted by Gasteiger charge is 2.18. The summed E-state index contributed by atoms with van der Waals surface area (Å²) in [4.78, 5) is 22.1. The highest BCUT2D eigenvalue weighted by Crippen LogP contribution is 2.04. The maximum atomic E-state index is 11.6. The van der Waals surface area contributed by atoms with E-state index in [0.29, 0.717) is 6.42 Å². The second-order valence-electron chi connectivity index (χ2n) is 3.36. The zero-order chi connectivity index (χ0) is 12.8. The molecule has 90 valence electrons. The average Bonchev–Trinajstić information content (AvgIpc) is 2.77. The molecule has 0 fully saturated rings. The van der Waals surface area contributed by atoms with Crippen molar-refractivity contribution in [2.45, 2.75) is 25.8 Å². The molecule has 0 radical (unpaired) electrons. The predicted molar refractivity (Wildman–Crippen MR) is 58.5 cm³/mol. The van der Waals surface area contributed by atoms with Gasteiger partial charge in [-0.05, 0) is 6.42 Å². The summed E-state index contributed by atoms with van der Waals surface area (Å²) < 4.78 is 4.46. The molecule has 2 N–H and O–H groups in total. The first-order chi connectivity index (χ1) is 8.08. The minimum Gasteiger partial charge on any atom is -0.475 e. The SMILES string of the molecule is C#CC(CCC)NC(=O)c1cc(C(=O)O)on1. The lowest BCUT2D eigenvalue weighted by atomic mass is 10.2. The van der Waals surface area contributed by atoms with Crippen LogP contribution in [-0.4, -0.2) is 28.2 Å². The van der Waals surface area contributed by atoms with E-state index in [-0.39, 0.29) is 11.5 Å². The van der Waals surface area contributed by atoms with Crippen molar-refractivity contribution in [3.05, 3.63) is 17.5 Å². The fourth-order valence-electron chi connectivity index (χ4n) is 1.20. The number of carboxylic acids is 1. The number of carboxylic acid groups (broad SMARTS) is 1. The summed E-state index contributed by atoms with van der Waals surface area (Å²) in [5.74, 6) is 0.217. The summed E-state index contributed by atoms with van der Waals surface area (Å²) in [6.45, 7) is 1.94. The van der Waals surface area contributed by atoms with Crippen LogP contribution in [-0.2, 0) is 0 Å². The van der Waals surface area contributed by atoms with E-state index in [0.717, 1.165) is 12.5 Å². The van der Waals surface area contributed by atoms with Crippen molar-refractivity contribution >= 4 is 11.9 Å². The molecule has 1 amide bonds. The molecule has 17 heavy (non-hydrogen) atoms. The summed E-state index contributed by atoms with van der Waals surface area (Å²) in [6, 6.07) is 0.662. The Bertz CT molecular complexity index is 458. The highest BCUT2D eigenvalue weighted by molar-refractivity contribution is 5.95. The van der Waals surface area contributed by atoms with E-state index < -0.39 is 17.9 Å². The Labute approximate surface area is 98.0 Å². The summed E-state index contributed by atoms with van der Waals surface area (Å²) in [6.07, 6.45) is 6.71. The van der Waals surface area contributed by atoms with E-state index in [2.05, 4.69) is 20.9 Å². The van der Waals surface area contributed by atoms with Crippen LogP contribution < -0.4 is 5.32 Å². The van der Waals surface area contributed by atoms with Crippen LogP contribution in [0.3, 0.4) is 0 Å². The van der Waals surface area contributed by atoms with Crippen LogP contribution in [0.5, 0.6) is 0 Å². The first-order valence-electron chi connectivity index (χ1n) is 5.05.